The van der Waals surface area contributed by atoms with Crippen LogP contribution in [-0.2, 0) is 11.8 Å². The highest BCUT2D eigenvalue weighted by Gasteiger charge is 2.33. The Kier molecular flexibility index (Phi) is 5.88. The predicted molar refractivity (Wildman–Crippen MR) is 115 cm³/mol. The van der Waals surface area contributed by atoms with Crippen molar-refractivity contribution in [2.45, 2.75) is 0 Å². The molecule has 0 unspecified atom stereocenters. The Bertz CT molecular complexity index is 1200. The maximum absolute atomic E-state index is 13.1. The molecule has 0 saturated carbocycles. The minimum Gasteiger partial charge on any atom is -0.539 e. The molecule has 0 atom stereocenters. The van der Waals surface area contributed by atoms with Gasteiger partial charge in [0.2, 0.25) is 5.78 Å². The Morgan fingerprint density at radius 3 is 2.61 bits per heavy atom. The molecule has 0 radical (unpaired) electrons. The standard InChI is InChI=1S/C21H15ClN4O4S/c1-25-18(20(29)30-24-25)17(27)12-31-21-23-16(11-13-7-5-6-10-15(13)22)19(28)26(21)14-8-3-2-4-9-14/h2-11H,12H2,1H3/b16-11+. The number of thioether (sulfide) groups is 1. The summed E-state index contributed by atoms with van der Waals surface area (Å²) < 4.78 is 5.59. The molecular weight excluding hydrogens is 440 g/mol. The number of amidine groups is 1. The van der Waals surface area contributed by atoms with Gasteiger partial charge in [-0.2, -0.15) is 0 Å². The van der Waals surface area contributed by atoms with Gasteiger partial charge in [-0.1, -0.05) is 64.4 Å². The number of aryl methyl sites for hydroxylation is 1. The Labute approximate surface area is 186 Å². The van der Waals surface area contributed by atoms with Crippen molar-refractivity contribution >= 4 is 52.0 Å². The molecule has 156 valence electrons. The lowest BCUT2D eigenvalue weighted by atomic mass is 10.2. The van der Waals surface area contributed by atoms with Gasteiger partial charge in [-0.05, 0) is 29.8 Å². The molecule has 1 amide bonds. The number of para-hydroxylation sites is 1. The van der Waals surface area contributed by atoms with E-state index in [1.54, 1.807) is 48.5 Å². The van der Waals surface area contributed by atoms with Gasteiger partial charge in [-0.25, -0.2) is 4.99 Å². The van der Waals surface area contributed by atoms with E-state index in [0.717, 1.165) is 16.4 Å². The first-order valence-electron chi connectivity index (χ1n) is 9.09. The topological polar surface area (TPSA) is 103 Å². The number of hydrogen-bond acceptors (Lipinski definition) is 7. The first kappa shape index (κ1) is 20.8. The second kappa shape index (κ2) is 8.75. The number of rotatable bonds is 5. The summed E-state index contributed by atoms with van der Waals surface area (Å²) in [6, 6.07) is 16.1. The van der Waals surface area contributed by atoms with Gasteiger partial charge in [-0.3, -0.25) is 14.5 Å². The number of carbonyl (C=O) groups excluding carboxylic acids is 2. The van der Waals surface area contributed by atoms with Crippen molar-refractivity contribution < 1.29 is 23.9 Å². The number of carbonyl (C=O) groups is 2. The normalized spacial score (nSPS) is 14.9. The molecule has 0 saturated heterocycles. The van der Waals surface area contributed by atoms with Gasteiger partial charge in [0.15, 0.2) is 18.2 Å². The highest BCUT2D eigenvalue weighted by molar-refractivity contribution is 8.14. The number of aromatic nitrogens is 2. The number of aliphatic imine (C=N–C) groups is 1. The van der Waals surface area contributed by atoms with Crippen LogP contribution in [0.2, 0.25) is 5.02 Å². The second-order valence-corrected chi connectivity index (χ2v) is 7.82. The lowest BCUT2D eigenvalue weighted by molar-refractivity contribution is -0.741. The molecule has 2 heterocycles. The molecule has 0 spiro atoms. The third kappa shape index (κ3) is 4.23. The van der Waals surface area contributed by atoms with E-state index < -0.39 is 11.7 Å². The van der Waals surface area contributed by atoms with E-state index in [9.17, 15) is 14.7 Å². The van der Waals surface area contributed by atoms with E-state index in [2.05, 4.69) is 14.8 Å². The molecule has 0 bridgehead atoms. The van der Waals surface area contributed by atoms with E-state index in [-0.39, 0.29) is 23.1 Å². The van der Waals surface area contributed by atoms with E-state index in [1.807, 2.05) is 12.1 Å². The smallest absolute Gasteiger partial charge is 0.300 e. The number of amides is 1. The van der Waals surface area contributed by atoms with Crippen LogP contribution >= 0.6 is 23.4 Å². The molecule has 4 rings (SSSR count). The molecule has 0 aliphatic carbocycles. The molecule has 1 aliphatic heterocycles. The monoisotopic (exact) mass is 454 g/mol. The van der Waals surface area contributed by atoms with E-state index in [1.165, 1.54) is 11.9 Å². The van der Waals surface area contributed by atoms with Gasteiger partial charge in [0, 0.05) is 5.02 Å². The van der Waals surface area contributed by atoms with E-state index in [4.69, 9.17) is 11.6 Å². The van der Waals surface area contributed by atoms with Crippen molar-refractivity contribution in [2.24, 2.45) is 12.0 Å². The van der Waals surface area contributed by atoms with Crippen LogP contribution in [0.15, 0.2) is 69.8 Å². The van der Waals surface area contributed by atoms with E-state index >= 15 is 0 Å². The highest BCUT2D eigenvalue weighted by Crippen LogP contribution is 2.30. The van der Waals surface area contributed by atoms with Gasteiger partial charge in [0.05, 0.1) is 16.7 Å². The van der Waals surface area contributed by atoms with Crippen LogP contribution in [-0.4, -0.2) is 27.9 Å². The molecule has 8 nitrogen and oxygen atoms in total. The Morgan fingerprint density at radius 1 is 1.23 bits per heavy atom. The largest absolute Gasteiger partial charge is 0.539 e. The van der Waals surface area contributed by atoms with Crippen LogP contribution in [0.1, 0.15) is 16.1 Å². The zero-order valence-electron chi connectivity index (χ0n) is 16.2. The molecule has 2 aromatic carbocycles. The van der Waals surface area contributed by atoms with Crippen molar-refractivity contribution in [3.8, 4) is 5.95 Å². The Hall–Kier alpha value is -3.43. The fourth-order valence-corrected chi connectivity index (χ4v) is 4.01. The minimum atomic E-state index is -0.809. The highest BCUT2D eigenvalue weighted by atomic mass is 35.5. The zero-order chi connectivity index (χ0) is 22.0. The van der Waals surface area contributed by atoms with Gasteiger partial charge in [0.1, 0.15) is 5.70 Å². The summed E-state index contributed by atoms with van der Waals surface area (Å²) in [4.78, 5) is 31.5. The van der Waals surface area contributed by atoms with Crippen molar-refractivity contribution in [3.63, 3.8) is 0 Å². The molecule has 10 heteroatoms. The number of hydrogen-bond donors (Lipinski definition) is 0. The number of ketones is 1. The van der Waals surface area contributed by atoms with Crippen LogP contribution in [0.3, 0.4) is 0 Å². The lowest BCUT2D eigenvalue weighted by Crippen LogP contribution is -2.38. The first-order valence-corrected chi connectivity index (χ1v) is 10.5. The average molecular weight is 455 g/mol. The van der Waals surface area contributed by atoms with Crippen LogP contribution in [0, 0.1) is 0 Å². The first-order chi connectivity index (χ1) is 15.0. The van der Waals surface area contributed by atoms with Gasteiger partial charge < -0.3 is 9.63 Å². The molecular formula is C21H15ClN4O4S. The Morgan fingerprint density at radius 2 is 1.94 bits per heavy atom. The van der Waals surface area contributed by atoms with Gasteiger partial charge >= 0.3 is 0 Å². The maximum Gasteiger partial charge on any atom is 0.300 e. The van der Waals surface area contributed by atoms with Crippen molar-refractivity contribution in [1.29, 1.82) is 0 Å². The lowest BCUT2D eigenvalue weighted by Gasteiger charge is -2.17. The van der Waals surface area contributed by atoms with E-state index in [0.29, 0.717) is 21.4 Å². The van der Waals surface area contributed by atoms with Crippen LogP contribution in [0.5, 0.6) is 5.95 Å². The zero-order valence-corrected chi connectivity index (χ0v) is 17.8. The SMILES string of the molecule is C[n+]1noc([O-])c1C(=O)CSC1=N/C(=C/c2ccccc2Cl)C(=O)N1c1ccccc1. The molecule has 0 N–H and O–H groups in total. The summed E-state index contributed by atoms with van der Waals surface area (Å²) >= 11 is 7.26. The fourth-order valence-electron chi connectivity index (χ4n) is 2.94. The second-order valence-electron chi connectivity index (χ2n) is 6.47. The number of nitrogens with zero attached hydrogens (tertiary/aromatic N) is 4. The minimum absolute atomic E-state index is 0.126. The van der Waals surface area contributed by atoms with Gasteiger partial charge in [-0.15, -0.1) is 0 Å². The molecule has 3 aromatic rings. The molecule has 31 heavy (non-hydrogen) atoms. The number of Topliss-reactive ketones (excluding diaryl/α,β-unsaturated/α-hetero) is 1. The van der Waals surface area contributed by atoms with Crippen molar-refractivity contribution in [2.75, 3.05) is 10.7 Å². The summed E-state index contributed by atoms with van der Waals surface area (Å²) in [5.41, 5.74) is 1.27. The fraction of sp³-hybridized carbons (Fsp3) is 0.0952. The summed E-state index contributed by atoms with van der Waals surface area (Å²) in [5, 5.41) is 16.0. The van der Waals surface area contributed by atoms with Crippen LogP contribution in [0.25, 0.3) is 6.08 Å². The maximum atomic E-state index is 13.1. The average Bonchev–Trinajstić information content (AvgIpc) is 3.27. The molecule has 1 aliphatic rings. The summed E-state index contributed by atoms with van der Waals surface area (Å²) in [6.07, 6.45) is 1.60. The summed E-state index contributed by atoms with van der Waals surface area (Å²) in [6.45, 7) is 0. The van der Waals surface area contributed by atoms with Crippen LogP contribution < -0.4 is 14.7 Å². The summed E-state index contributed by atoms with van der Waals surface area (Å²) in [5.74, 6) is -1.76. The quantitative estimate of drug-likeness (QED) is 0.333. The Balaban J connectivity index is 1.65. The molecule has 1 aromatic heterocycles. The van der Waals surface area contributed by atoms with Gasteiger partial charge in [0.25, 0.3) is 11.6 Å². The number of halogens is 1. The van der Waals surface area contributed by atoms with Crippen molar-refractivity contribution in [1.82, 2.24) is 5.27 Å². The summed E-state index contributed by atoms with van der Waals surface area (Å²) in [7, 11) is 1.44. The third-order valence-electron chi connectivity index (χ3n) is 4.40. The van der Waals surface area contributed by atoms with Crippen LogP contribution in [0.4, 0.5) is 5.69 Å². The van der Waals surface area contributed by atoms with Crippen molar-refractivity contribution in [3.05, 3.63) is 76.6 Å². The third-order valence-corrected chi connectivity index (χ3v) is 5.68. The predicted octanol–water partition coefficient (Wildman–Crippen LogP) is 2.59. The molecule has 0 fully saturated rings. The number of anilines is 1. The number of benzene rings is 2.